The first-order valence-electron chi connectivity index (χ1n) is 5.17. The number of amides is 1. The lowest BCUT2D eigenvalue weighted by atomic mass is 10.1. The third-order valence-electron chi connectivity index (χ3n) is 2.84. The van der Waals surface area contributed by atoms with Crippen LogP contribution in [0.2, 0.25) is 0 Å². The van der Waals surface area contributed by atoms with E-state index in [0.29, 0.717) is 30.8 Å². The fourth-order valence-electron chi connectivity index (χ4n) is 1.99. The molecule has 1 heterocycles. The molecule has 1 fully saturated rings. The minimum atomic E-state index is 0. The first-order valence-corrected chi connectivity index (χ1v) is 6.57. The summed E-state index contributed by atoms with van der Waals surface area (Å²) in [6.45, 7) is 3.69. The Bertz CT molecular complexity index is 204. The van der Waals surface area contributed by atoms with Gasteiger partial charge in [-0.15, -0.1) is 12.4 Å². The van der Waals surface area contributed by atoms with Crippen molar-refractivity contribution in [1.82, 2.24) is 4.90 Å². The van der Waals surface area contributed by atoms with Crippen LogP contribution < -0.4 is 5.73 Å². The number of thioether (sulfide) groups is 1. The summed E-state index contributed by atoms with van der Waals surface area (Å²) in [5, 5.41) is 0. The summed E-state index contributed by atoms with van der Waals surface area (Å²) in [4.78, 5) is 13.7. The molecule has 0 spiro atoms. The van der Waals surface area contributed by atoms with E-state index < -0.39 is 0 Å². The predicted molar refractivity (Wildman–Crippen MR) is 68.6 cm³/mol. The molecule has 1 aliphatic heterocycles. The van der Waals surface area contributed by atoms with Gasteiger partial charge in [0.15, 0.2) is 0 Å². The Morgan fingerprint density at radius 2 is 2.27 bits per heavy atom. The minimum absolute atomic E-state index is 0. The van der Waals surface area contributed by atoms with Crippen LogP contribution in [-0.4, -0.2) is 41.9 Å². The molecular formula is C10H21ClN2OS. The van der Waals surface area contributed by atoms with Crippen LogP contribution in [0.1, 0.15) is 19.8 Å². The van der Waals surface area contributed by atoms with E-state index in [-0.39, 0.29) is 12.4 Å². The molecule has 5 heteroatoms. The number of nitrogens with zero attached hydrogens (tertiary/aromatic N) is 1. The second-order valence-electron chi connectivity index (χ2n) is 3.98. The van der Waals surface area contributed by atoms with Gasteiger partial charge in [0.1, 0.15) is 0 Å². The van der Waals surface area contributed by atoms with E-state index in [4.69, 9.17) is 5.73 Å². The van der Waals surface area contributed by atoms with E-state index >= 15 is 0 Å². The second-order valence-corrected chi connectivity index (χ2v) is 4.96. The number of halogens is 1. The molecule has 0 bridgehead atoms. The number of hydrogen-bond donors (Lipinski definition) is 1. The molecule has 15 heavy (non-hydrogen) atoms. The van der Waals surface area contributed by atoms with Crippen LogP contribution >= 0.6 is 24.2 Å². The predicted octanol–water partition coefficient (Wildman–Crippen LogP) is 1.36. The third-order valence-corrected chi connectivity index (χ3v) is 3.45. The van der Waals surface area contributed by atoms with Crippen LogP contribution in [0.15, 0.2) is 0 Å². The van der Waals surface area contributed by atoms with E-state index in [2.05, 4.69) is 6.92 Å². The maximum atomic E-state index is 11.7. The zero-order valence-electron chi connectivity index (χ0n) is 9.44. The molecule has 2 atom stereocenters. The van der Waals surface area contributed by atoms with E-state index in [1.165, 1.54) is 0 Å². The van der Waals surface area contributed by atoms with Crippen LogP contribution in [0, 0.1) is 5.92 Å². The van der Waals surface area contributed by atoms with Crippen molar-refractivity contribution in [2.45, 2.75) is 25.8 Å². The summed E-state index contributed by atoms with van der Waals surface area (Å²) >= 11 is 1.72. The summed E-state index contributed by atoms with van der Waals surface area (Å²) < 4.78 is 0. The lowest BCUT2D eigenvalue weighted by molar-refractivity contribution is -0.131. The molecule has 0 aliphatic carbocycles. The Hall–Kier alpha value is 0.0700. The molecule has 90 valence electrons. The van der Waals surface area contributed by atoms with Gasteiger partial charge in [0.25, 0.3) is 0 Å². The number of hydrogen-bond acceptors (Lipinski definition) is 3. The first kappa shape index (κ1) is 15.1. The summed E-state index contributed by atoms with van der Waals surface area (Å²) in [7, 11) is 0. The average molecular weight is 253 g/mol. The average Bonchev–Trinajstić information content (AvgIpc) is 2.56. The fourth-order valence-corrected chi connectivity index (χ4v) is 2.37. The number of carbonyl (C=O) groups excluding carboxylic acids is 1. The Balaban J connectivity index is 0.00000196. The van der Waals surface area contributed by atoms with Crippen molar-refractivity contribution in [2.75, 3.05) is 25.1 Å². The van der Waals surface area contributed by atoms with E-state index in [1.54, 1.807) is 11.8 Å². The zero-order chi connectivity index (χ0) is 10.6. The van der Waals surface area contributed by atoms with Crippen molar-refractivity contribution in [3.05, 3.63) is 0 Å². The van der Waals surface area contributed by atoms with Gasteiger partial charge in [-0.2, -0.15) is 11.8 Å². The zero-order valence-corrected chi connectivity index (χ0v) is 11.1. The van der Waals surface area contributed by atoms with Gasteiger partial charge in [0.05, 0.1) is 0 Å². The van der Waals surface area contributed by atoms with Gasteiger partial charge >= 0.3 is 0 Å². The lowest BCUT2D eigenvalue weighted by Gasteiger charge is -2.21. The quantitative estimate of drug-likeness (QED) is 0.822. The lowest BCUT2D eigenvalue weighted by Crippen LogP contribution is -2.34. The molecule has 1 rings (SSSR count). The number of likely N-dealkylation sites (tertiary alicyclic amines) is 1. The van der Waals surface area contributed by atoms with E-state index in [0.717, 1.165) is 18.7 Å². The van der Waals surface area contributed by atoms with Gasteiger partial charge in [-0.1, -0.05) is 0 Å². The van der Waals surface area contributed by atoms with Crippen LogP contribution in [0.4, 0.5) is 0 Å². The monoisotopic (exact) mass is 252 g/mol. The van der Waals surface area contributed by atoms with Gasteiger partial charge in [0, 0.05) is 24.8 Å². The maximum Gasteiger partial charge on any atom is 0.223 e. The Labute approximate surface area is 103 Å². The summed E-state index contributed by atoms with van der Waals surface area (Å²) in [5.41, 5.74) is 5.62. The molecule has 0 radical (unpaired) electrons. The molecule has 0 aromatic rings. The van der Waals surface area contributed by atoms with Crippen LogP contribution in [0.3, 0.4) is 0 Å². The van der Waals surface area contributed by atoms with E-state index in [9.17, 15) is 4.79 Å². The number of rotatable bonds is 4. The highest BCUT2D eigenvalue weighted by Gasteiger charge is 2.30. The Kier molecular flexibility index (Phi) is 7.40. The highest BCUT2D eigenvalue weighted by atomic mass is 35.5. The molecule has 3 nitrogen and oxygen atoms in total. The normalized spacial score (nSPS) is 25.1. The molecular weight excluding hydrogens is 232 g/mol. The third kappa shape index (κ3) is 4.21. The van der Waals surface area contributed by atoms with Crippen molar-refractivity contribution < 1.29 is 4.79 Å². The standard InChI is InChI=1S/C10H20N2OS.ClH/c1-8-5-9(6-11)7-12(8)10(13)3-4-14-2;/h8-9H,3-7,11H2,1-2H3;1H. The number of carbonyl (C=O) groups is 1. The van der Waals surface area contributed by atoms with Crippen LogP contribution in [-0.2, 0) is 4.79 Å². The molecule has 1 aliphatic rings. The number of nitrogens with two attached hydrogens (primary N) is 1. The van der Waals surface area contributed by atoms with Crippen molar-refractivity contribution in [2.24, 2.45) is 11.7 Å². The van der Waals surface area contributed by atoms with Crippen molar-refractivity contribution in [3.63, 3.8) is 0 Å². The molecule has 0 aromatic carbocycles. The Morgan fingerprint density at radius 3 is 2.73 bits per heavy atom. The molecule has 0 saturated carbocycles. The largest absolute Gasteiger partial charge is 0.340 e. The van der Waals surface area contributed by atoms with Crippen molar-refractivity contribution in [3.8, 4) is 0 Å². The van der Waals surface area contributed by atoms with Gasteiger partial charge in [-0.05, 0) is 32.1 Å². The van der Waals surface area contributed by atoms with Crippen LogP contribution in [0.25, 0.3) is 0 Å². The highest BCUT2D eigenvalue weighted by Crippen LogP contribution is 2.22. The summed E-state index contributed by atoms with van der Waals surface area (Å²) in [6.07, 6.45) is 3.77. The van der Waals surface area contributed by atoms with E-state index in [1.807, 2.05) is 11.2 Å². The molecule has 1 amide bonds. The van der Waals surface area contributed by atoms with Gasteiger partial charge < -0.3 is 10.6 Å². The molecule has 1 saturated heterocycles. The SMILES string of the molecule is CSCCC(=O)N1CC(CN)CC1C.Cl. The highest BCUT2D eigenvalue weighted by molar-refractivity contribution is 7.98. The molecule has 0 aromatic heterocycles. The first-order chi connectivity index (χ1) is 6.69. The second kappa shape index (κ2) is 7.36. The fraction of sp³-hybridized carbons (Fsp3) is 0.900. The topological polar surface area (TPSA) is 46.3 Å². The summed E-state index contributed by atoms with van der Waals surface area (Å²) in [6, 6.07) is 0.387. The van der Waals surface area contributed by atoms with Gasteiger partial charge in [0.2, 0.25) is 5.91 Å². The Morgan fingerprint density at radius 1 is 1.60 bits per heavy atom. The minimum Gasteiger partial charge on any atom is -0.340 e. The molecule has 2 unspecified atom stereocenters. The van der Waals surface area contributed by atoms with Crippen molar-refractivity contribution >= 4 is 30.1 Å². The van der Waals surface area contributed by atoms with Gasteiger partial charge in [-0.3, -0.25) is 4.79 Å². The van der Waals surface area contributed by atoms with Crippen molar-refractivity contribution in [1.29, 1.82) is 0 Å². The smallest absolute Gasteiger partial charge is 0.223 e. The van der Waals surface area contributed by atoms with Crippen LogP contribution in [0.5, 0.6) is 0 Å². The molecule has 2 N–H and O–H groups in total. The maximum absolute atomic E-state index is 11.7. The van der Waals surface area contributed by atoms with Gasteiger partial charge in [-0.25, -0.2) is 0 Å². The summed E-state index contributed by atoms with van der Waals surface area (Å²) in [5.74, 6) is 1.74.